The van der Waals surface area contributed by atoms with E-state index in [0.717, 1.165) is 31.8 Å². The first-order chi connectivity index (χ1) is 10.5. The summed E-state index contributed by atoms with van der Waals surface area (Å²) in [5, 5.41) is 11.5. The molecule has 22 heavy (non-hydrogen) atoms. The Labute approximate surface area is 133 Å². The second kappa shape index (κ2) is 10.6. The molecule has 0 aliphatic carbocycles. The van der Waals surface area contributed by atoms with Crippen molar-refractivity contribution in [1.82, 2.24) is 10.2 Å². The van der Waals surface area contributed by atoms with Gasteiger partial charge in [-0.15, -0.1) is 0 Å². The molecule has 2 aliphatic heterocycles. The van der Waals surface area contributed by atoms with E-state index in [-0.39, 0.29) is 6.54 Å². The molecule has 6 heteroatoms. The number of nitrogens with one attached hydrogen (secondary N) is 1. The van der Waals surface area contributed by atoms with Gasteiger partial charge in [-0.3, -0.25) is 9.59 Å². The van der Waals surface area contributed by atoms with E-state index in [9.17, 15) is 9.59 Å². The van der Waals surface area contributed by atoms with E-state index in [4.69, 9.17) is 10.8 Å². The zero-order valence-corrected chi connectivity index (χ0v) is 13.7. The molecular formula is C16H31N3O3. The van der Waals surface area contributed by atoms with Crippen molar-refractivity contribution >= 4 is 11.9 Å². The first-order valence-electron chi connectivity index (χ1n) is 8.46. The van der Waals surface area contributed by atoms with Crippen molar-refractivity contribution in [3.05, 3.63) is 0 Å². The molecule has 0 aromatic rings. The molecule has 2 fully saturated rings. The van der Waals surface area contributed by atoms with E-state index in [2.05, 4.69) is 10.2 Å². The lowest BCUT2D eigenvalue weighted by Gasteiger charge is -2.29. The molecule has 0 spiro atoms. The third kappa shape index (κ3) is 7.22. The maximum Gasteiger partial charge on any atom is 0.307 e. The zero-order valence-electron chi connectivity index (χ0n) is 13.7. The summed E-state index contributed by atoms with van der Waals surface area (Å²) in [5.74, 6) is -0.00124. The van der Waals surface area contributed by atoms with Gasteiger partial charge in [-0.2, -0.15) is 0 Å². The van der Waals surface area contributed by atoms with Crippen molar-refractivity contribution in [2.75, 3.05) is 32.7 Å². The molecule has 1 atom stereocenters. The van der Waals surface area contributed by atoms with Crippen molar-refractivity contribution in [2.24, 2.45) is 17.6 Å². The first-order valence-corrected chi connectivity index (χ1v) is 8.46. The lowest BCUT2D eigenvalue weighted by atomic mass is 9.94. The second-order valence-electron chi connectivity index (χ2n) is 6.29. The van der Waals surface area contributed by atoms with E-state index >= 15 is 0 Å². The van der Waals surface area contributed by atoms with E-state index < -0.39 is 11.9 Å². The summed E-state index contributed by atoms with van der Waals surface area (Å²) < 4.78 is 0. The Balaban J connectivity index is 0.000000295. The monoisotopic (exact) mass is 313 g/mol. The average Bonchev–Trinajstić information content (AvgIpc) is 2.55. The minimum absolute atomic E-state index is 0.218. The van der Waals surface area contributed by atoms with Gasteiger partial charge in [-0.25, -0.2) is 0 Å². The number of piperidine rings is 2. The molecule has 0 radical (unpaired) electrons. The number of carbonyl (C=O) groups is 2. The lowest BCUT2D eigenvalue weighted by molar-refractivity contribution is -0.140. The van der Waals surface area contributed by atoms with Gasteiger partial charge < -0.3 is 21.1 Å². The third-order valence-electron chi connectivity index (χ3n) is 4.46. The largest absolute Gasteiger partial charge is 0.481 e. The number of hydrogen-bond acceptors (Lipinski definition) is 4. The quantitative estimate of drug-likeness (QED) is 0.705. The normalized spacial score (nSPS) is 21.0. The van der Waals surface area contributed by atoms with Gasteiger partial charge in [0.15, 0.2) is 0 Å². The molecule has 0 bridgehead atoms. The Morgan fingerprint density at radius 3 is 2.59 bits per heavy atom. The molecule has 0 aromatic carbocycles. The number of likely N-dealkylation sites (tertiary alicyclic amines) is 1. The molecule has 6 nitrogen and oxygen atoms in total. The van der Waals surface area contributed by atoms with E-state index in [1.165, 1.54) is 38.8 Å². The number of nitrogens with zero attached hydrogens (tertiary/aromatic N) is 1. The van der Waals surface area contributed by atoms with E-state index in [1.807, 2.05) is 0 Å². The van der Waals surface area contributed by atoms with E-state index in [0.29, 0.717) is 5.91 Å². The Morgan fingerprint density at radius 1 is 1.41 bits per heavy atom. The Morgan fingerprint density at radius 2 is 2.09 bits per heavy atom. The number of aliphatic carboxylic acids is 1. The van der Waals surface area contributed by atoms with Crippen molar-refractivity contribution in [3.63, 3.8) is 0 Å². The number of hydrogen-bond donors (Lipinski definition) is 3. The number of rotatable bonds is 5. The van der Waals surface area contributed by atoms with Gasteiger partial charge in [0.05, 0.1) is 5.92 Å². The van der Waals surface area contributed by atoms with Gasteiger partial charge in [-0.1, -0.05) is 6.92 Å². The van der Waals surface area contributed by atoms with Crippen molar-refractivity contribution in [2.45, 2.75) is 45.4 Å². The van der Waals surface area contributed by atoms with Crippen molar-refractivity contribution in [3.8, 4) is 0 Å². The molecule has 0 unspecified atom stereocenters. The van der Waals surface area contributed by atoms with Gasteiger partial charge >= 0.3 is 5.97 Å². The van der Waals surface area contributed by atoms with E-state index in [1.54, 1.807) is 6.92 Å². The molecule has 0 saturated carbocycles. The second-order valence-corrected chi connectivity index (χ2v) is 6.29. The van der Waals surface area contributed by atoms with Gasteiger partial charge in [0.25, 0.3) is 0 Å². The Bertz CT molecular complexity index is 344. The minimum Gasteiger partial charge on any atom is -0.481 e. The average molecular weight is 313 g/mol. The maximum absolute atomic E-state index is 11.6. The highest BCUT2D eigenvalue weighted by molar-refractivity contribution is 5.76. The van der Waals surface area contributed by atoms with Crippen LogP contribution in [0.4, 0.5) is 0 Å². The SMILES string of the molecule is C[C@H](CN)C(=O)O.O=C1CCCCN1CCC1CCNCC1. The summed E-state index contributed by atoms with van der Waals surface area (Å²) in [6, 6.07) is 0. The van der Waals surface area contributed by atoms with Gasteiger partial charge in [-0.05, 0) is 51.1 Å². The van der Waals surface area contributed by atoms with Crippen LogP contribution in [-0.4, -0.2) is 54.6 Å². The van der Waals surface area contributed by atoms with Gasteiger partial charge in [0.2, 0.25) is 5.91 Å². The van der Waals surface area contributed by atoms with Gasteiger partial charge in [0, 0.05) is 26.1 Å². The Hall–Kier alpha value is -1.14. The van der Waals surface area contributed by atoms with Crippen LogP contribution in [0.25, 0.3) is 0 Å². The number of carbonyl (C=O) groups excluding carboxylic acids is 1. The first kappa shape index (κ1) is 18.9. The highest BCUT2D eigenvalue weighted by Crippen LogP contribution is 2.18. The molecular weight excluding hydrogens is 282 g/mol. The fraction of sp³-hybridized carbons (Fsp3) is 0.875. The van der Waals surface area contributed by atoms with Crippen molar-refractivity contribution in [1.29, 1.82) is 0 Å². The van der Waals surface area contributed by atoms with Crippen LogP contribution in [0, 0.1) is 11.8 Å². The van der Waals surface area contributed by atoms with Crippen LogP contribution >= 0.6 is 0 Å². The summed E-state index contributed by atoms with van der Waals surface area (Å²) in [6.45, 7) is 6.13. The third-order valence-corrected chi connectivity index (χ3v) is 4.46. The molecule has 2 heterocycles. The lowest BCUT2D eigenvalue weighted by Crippen LogP contribution is -2.37. The maximum atomic E-state index is 11.6. The fourth-order valence-electron chi connectivity index (χ4n) is 2.71. The zero-order chi connectivity index (χ0) is 16.4. The smallest absolute Gasteiger partial charge is 0.307 e. The number of carboxylic acids is 1. The number of amides is 1. The number of carboxylic acid groups (broad SMARTS) is 1. The van der Waals surface area contributed by atoms with Crippen LogP contribution < -0.4 is 11.1 Å². The predicted octanol–water partition coefficient (Wildman–Crippen LogP) is 1.05. The van der Waals surface area contributed by atoms with Crippen LogP contribution in [0.2, 0.25) is 0 Å². The minimum atomic E-state index is -0.831. The van der Waals surface area contributed by atoms with Crippen LogP contribution in [0.1, 0.15) is 45.4 Å². The highest BCUT2D eigenvalue weighted by Gasteiger charge is 2.20. The molecule has 4 N–H and O–H groups in total. The van der Waals surface area contributed by atoms with Crippen LogP contribution in [0.3, 0.4) is 0 Å². The summed E-state index contributed by atoms with van der Waals surface area (Å²) in [4.78, 5) is 23.5. The number of nitrogens with two attached hydrogens (primary N) is 1. The summed E-state index contributed by atoms with van der Waals surface area (Å²) in [6.07, 6.45) is 6.89. The van der Waals surface area contributed by atoms with Crippen molar-refractivity contribution < 1.29 is 14.7 Å². The predicted molar refractivity (Wildman–Crippen MR) is 86.5 cm³/mol. The summed E-state index contributed by atoms with van der Waals surface area (Å²) >= 11 is 0. The topological polar surface area (TPSA) is 95.7 Å². The molecule has 128 valence electrons. The molecule has 0 aromatic heterocycles. The van der Waals surface area contributed by atoms with Crippen LogP contribution in [0.5, 0.6) is 0 Å². The molecule has 2 aliphatic rings. The molecule has 2 rings (SSSR count). The molecule has 1 amide bonds. The van der Waals surface area contributed by atoms with Crippen LogP contribution in [0.15, 0.2) is 0 Å². The standard InChI is InChI=1S/C12H22N2O.C4H9NO2/c15-12-3-1-2-9-14(12)10-6-11-4-7-13-8-5-11;1-3(2-5)4(6)7/h11,13H,1-10H2;3H,2,5H2,1H3,(H,6,7)/t;3-/m.1/s1. The molecule has 2 saturated heterocycles. The van der Waals surface area contributed by atoms with Crippen LogP contribution in [-0.2, 0) is 9.59 Å². The van der Waals surface area contributed by atoms with Gasteiger partial charge in [0.1, 0.15) is 0 Å². The fourth-order valence-corrected chi connectivity index (χ4v) is 2.71. The summed E-state index contributed by atoms with van der Waals surface area (Å²) in [7, 11) is 0. The highest BCUT2D eigenvalue weighted by atomic mass is 16.4. The Kier molecular flexibility index (Phi) is 9.08. The summed E-state index contributed by atoms with van der Waals surface area (Å²) in [5.41, 5.74) is 4.99.